The third-order valence-electron chi connectivity index (χ3n) is 1.73. The minimum absolute atomic E-state index is 0.487. The normalized spacial score (nSPS) is 10.3. The lowest BCUT2D eigenvalue weighted by atomic mass is 10.3. The molecule has 2 aromatic rings. The molecule has 6 heteroatoms. The van der Waals surface area contributed by atoms with Crippen LogP contribution in [-0.4, -0.2) is 15.0 Å². The van der Waals surface area contributed by atoms with Gasteiger partial charge in [-0.05, 0) is 44.6 Å². The first-order valence-corrected chi connectivity index (χ1v) is 5.93. The molecule has 2 rings (SSSR count). The summed E-state index contributed by atoms with van der Waals surface area (Å²) in [6.45, 7) is 0. The van der Waals surface area contributed by atoms with Gasteiger partial charge in [-0.2, -0.15) is 0 Å². The molecule has 0 radical (unpaired) electrons. The average molecular weight is 377 g/mol. The number of nitrogens with two attached hydrogens (primary N) is 1. The summed E-state index contributed by atoms with van der Waals surface area (Å²) < 4.78 is 1.74. The fourth-order valence-electron chi connectivity index (χ4n) is 1.05. The molecular formula is C9H6BrIN4. The predicted molar refractivity (Wildman–Crippen MR) is 70.1 cm³/mol. The monoisotopic (exact) mass is 376 g/mol. The van der Waals surface area contributed by atoms with E-state index in [1.807, 2.05) is 6.07 Å². The molecule has 0 atom stereocenters. The van der Waals surface area contributed by atoms with E-state index >= 15 is 0 Å². The molecule has 0 aliphatic carbocycles. The summed E-state index contributed by atoms with van der Waals surface area (Å²) >= 11 is 5.43. The van der Waals surface area contributed by atoms with Crippen LogP contribution in [0, 0.1) is 3.57 Å². The second-order valence-electron chi connectivity index (χ2n) is 2.82. The SMILES string of the molecule is Nc1nc(-c2cncc(Br)c2)ncc1I. The Kier molecular flexibility index (Phi) is 3.15. The number of nitrogens with zero attached hydrogens (tertiary/aromatic N) is 3. The maximum absolute atomic E-state index is 5.71. The first-order valence-electron chi connectivity index (χ1n) is 4.06. The van der Waals surface area contributed by atoms with Crippen LogP contribution in [0.2, 0.25) is 0 Å². The molecule has 2 heterocycles. The quantitative estimate of drug-likeness (QED) is 0.776. The summed E-state index contributed by atoms with van der Waals surface area (Å²) in [6.07, 6.45) is 5.10. The van der Waals surface area contributed by atoms with Gasteiger partial charge in [0.25, 0.3) is 0 Å². The van der Waals surface area contributed by atoms with E-state index in [-0.39, 0.29) is 0 Å². The van der Waals surface area contributed by atoms with Gasteiger partial charge in [0, 0.05) is 28.6 Å². The Bertz CT molecular complexity index is 503. The maximum Gasteiger partial charge on any atom is 0.163 e. The lowest BCUT2D eigenvalue weighted by molar-refractivity contribution is 1.15. The number of pyridine rings is 1. The third kappa shape index (κ3) is 2.43. The lowest BCUT2D eigenvalue weighted by Gasteiger charge is -2.02. The Balaban J connectivity index is 2.50. The highest BCUT2D eigenvalue weighted by Crippen LogP contribution is 2.20. The topological polar surface area (TPSA) is 64.7 Å². The van der Waals surface area contributed by atoms with E-state index in [9.17, 15) is 0 Å². The molecule has 0 amide bonds. The summed E-state index contributed by atoms with van der Waals surface area (Å²) in [7, 11) is 0. The molecule has 0 fully saturated rings. The molecule has 76 valence electrons. The number of aromatic nitrogens is 3. The summed E-state index contributed by atoms with van der Waals surface area (Å²) in [5.41, 5.74) is 6.55. The van der Waals surface area contributed by atoms with Gasteiger partial charge in [-0.1, -0.05) is 0 Å². The Morgan fingerprint density at radius 1 is 1.27 bits per heavy atom. The number of rotatable bonds is 1. The van der Waals surface area contributed by atoms with Crippen LogP contribution in [0.4, 0.5) is 5.82 Å². The predicted octanol–water partition coefficient (Wildman–Crippen LogP) is 2.49. The van der Waals surface area contributed by atoms with Crippen molar-refractivity contribution in [2.75, 3.05) is 5.73 Å². The standard InChI is InChI=1S/C9H6BrIN4/c10-6-1-5(2-13-3-6)9-14-4-7(11)8(12)15-9/h1-4H,(H2,12,14,15). The van der Waals surface area contributed by atoms with Gasteiger partial charge in [0.05, 0.1) is 3.57 Å². The highest BCUT2D eigenvalue weighted by atomic mass is 127. The Hall–Kier alpha value is -0.760. The van der Waals surface area contributed by atoms with Gasteiger partial charge in [-0.15, -0.1) is 0 Å². The Morgan fingerprint density at radius 3 is 2.73 bits per heavy atom. The van der Waals surface area contributed by atoms with E-state index in [4.69, 9.17) is 5.73 Å². The molecule has 0 aromatic carbocycles. The zero-order chi connectivity index (χ0) is 10.8. The van der Waals surface area contributed by atoms with Crippen molar-refractivity contribution >= 4 is 44.3 Å². The number of halogens is 2. The van der Waals surface area contributed by atoms with Gasteiger partial charge >= 0.3 is 0 Å². The van der Waals surface area contributed by atoms with Crippen LogP contribution in [0.1, 0.15) is 0 Å². The van der Waals surface area contributed by atoms with E-state index in [1.165, 1.54) is 0 Å². The zero-order valence-corrected chi connectivity index (χ0v) is 11.2. The molecule has 0 bridgehead atoms. The van der Waals surface area contributed by atoms with E-state index in [1.54, 1.807) is 18.6 Å². The fourth-order valence-corrected chi connectivity index (χ4v) is 1.68. The first kappa shape index (κ1) is 10.7. The van der Waals surface area contributed by atoms with Crippen LogP contribution in [0.15, 0.2) is 29.1 Å². The van der Waals surface area contributed by atoms with Crippen molar-refractivity contribution in [3.63, 3.8) is 0 Å². The van der Waals surface area contributed by atoms with Gasteiger partial charge in [-0.25, -0.2) is 9.97 Å². The van der Waals surface area contributed by atoms with Crippen molar-refractivity contribution < 1.29 is 0 Å². The smallest absolute Gasteiger partial charge is 0.163 e. The van der Waals surface area contributed by atoms with Crippen LogP contribution in [0.3, 0.4) is 0 Å². The Morgan fingerprint density at radius 2 is 2.07 bits per heavy atom. The van der Waals surface area contributed by atoms with Crippen LogP contribution in [-0.2, 0) is 0 Å². The van der Waals surface area contributed by atoms with E-state index in [0.717, 1.165) is 13.6 Å². The van der Waals surface area contributed by atoms with E-state index < -0.39 is 0 Å². The molecule has 0 spiro atoms. The minimum Gasteiger partial charge on any atom is -0.383 e. The third-order valence-corrected chi connectivity index (χ3v) is 3.00. The van der Waals surface area contributed by atoms with Crippen LogP contribution < -0.4 is 5.73 Å². The summed E-state index contributed by atoms with van der Waals surface area (Å²) in [5.74, 6) is 1.07. The highest BCUT2D eigenvalue weighted by molar-refractivity contribution is 14.1. The minimum atomic E-state index is 0.487. The van der Waals surface area contributed by atoms with Gasteiger partial charge < -0.3 is 5.73 Å². The first-order chi connectivity index (χ1) is 7.16. The molecular weight excluding hydrogens is 371 g/mol. The molecule has 2 aromatic heterocycles. The molecule has 15 heavy (non-hydrogen) atoms. The van der Waals surface area contributed by atoms with Gasteiger partial charge in [0.2, 0.25) is 0 Å². The van der Waals surface area contributed by atoms with Crippen LogP contribution >= 0.6 is 38.5 Å². The Labute approximate surface area is 109 Å². The van der Waals surface area contributed by atoms with E-state index in [2.05, 4.69) is 53.5 Å². The van der Waals surface area contributed by atoms with Crippen LogP contribution in [0.5, 0.6) is 0 Å². The largest absolute Gasteiger partial charge is 0.383 e. The lowest BCUT2D eigenvalue weighted by Crippen LogP contribution is -1.98. The molecule has 4 nitrogen and oxygen atoms in total. The van der Waals surface area contributed by atoms with Gasteiger partial charge in [0.15, 0.2) is 5.82 Å². The van der Waals surface area contributed by atoms with Crippen molar-refractivity contribution in [3.05, 3.63) is 32.7 Å². The second kappa shape index (κ2) is 4.40. The fraction of sp³-hybridized carbons (Fsp3) is 0. The summed E-state index contributed by atoms with van der Waals surface area (Å²) in [4.78, 5) is 12.4. The number of nitrogen functional groups attached to an aromatic ring is 1. The van der Waals surface area contributed by atoms with Gasteiger partial charge in [-0.3, -0.25) is 4.98 Å². The van der Waals surface area contributed by atoms with Crippen molar-refractivity contribution in [2.45, 2.75) is 0 Å². The molecule has 0 saturated carbocycles. The molecule has 0 aliphatic heterocycles. The second-order valence-corrected chi connectivity index (χ2v) is 4.90. The average Bonchev–Trinajstić information content (AvgIpc) is 2.22. The number of hydrogen-bond acceptors (Lipinski definition) is 4. The number of anilines is 1. The molecule has 0 saturated heterocycles. The summed E-state index contributed by atoms with van der Waals surface area (Å²) in [5, 5.41) is 0. The molecule has 0 aliphatic rings. The molecule has 2 N–H and O–H groups in total. The van der Waals surface area contributed by atoms with Crippen LogP contribution in [0.25, 0.3) is 11.4 Å². The zero-order valence-electron chi connectivity index (χ0n) is 7.48. The van der Waals surface area contributed by atoms with Crippen molar-refractivity contribution in [1.29, 1.82) is 0 Å². The molecule has 0 unspecified atom stereocenters. The van der Waals surface area contributed by atoms with Crippen molar-refractivity contribution in [1.82, 2.24) is 15.0 Å². The number of hydrogen-bond donors (Lipinski definition) is 1. The highest BCUT2D eigenvalue weighted by Gasteiger charge is 2.04. The van der Waals surface area contributed by atoms with Crippen molar-refractivity contribution in [3.8, 4) is 11.4 Å². The maximum atomic E-state index is 5.71. The summed E-state index contributed by atoms with van der Waals surface area (Å²) in [6, 6.07) is 1.90. The van der Waals surface area contributed by atoms with Crippen molar-refractivity contribution in [2.24, 2.45) is 0 Å². The van der Waals surface area contributed by atoms with Gasteiger partial charge in [0.1, 0.15) is 5.82 Å². The van der Waals surface area contributed by atoms with E-state index in [0.29, 0.717) is 11.6 Å².